The quantitative estimate of drug-likeness (QED) is 0.0347. The first kappa shape index (κ1) is 57.9. The van der Waals surface area contributed by atoms with Gasteiger partial charge in [0, 0.05) is 19.4 Å². The Balaban J connectivity index is 4.22. The van der Waals surface area contributed by atoms with Gasteiger partial charge in [-0.3, -0.25) is 9.59 Å². The van der Waals surface area contributed by atoms with E-state index < -0.39 is 6.10 Å². The maximum atomic E-state index is 12.8. The number of carbonyl (C=O) groups excluding carboxylic acids is 2. The topological polar surface area (TPSA) is 61.8 Å². The van der Waals surface area contributed by atoms with Crippen molar-refractivity contribution >= 4 is 11.9 Å². The summed E-state index contributed by atoms with van der Waals surface area (Å²) in [6, 6.07) is 0. The van der Waals surface area contributed by atoms with Gasteiger partial charge in [0.05, 0.1) is 6.61 Å². The molecule has 0 fully saturated rings. The van der Waals surface area contributed by atoms with Crippen molar-refractivity contribution in [2.45, 2.75) is 271 Å². The Hall–Kier alpha value is -2.14. The van der Waals surface area contributed by atoms with E-state index in [-0.39, 0.29) is 25.2 Å². The Morgan fingerprint density at radius 1 is 0.383 bits per heavy atom. The smallest absolute Gasteiger partial charge is 0.306 e. The highest BCUT2D eigenvalue weighted by Gasteiger charge is 2.17. The Bertz CT molecular complexity index is 997. The fourth-order valence-electron chi connectivity index (χ4n) is 7.45. The second-order valence-electron chi connectivity index (χ2n) is 17.4. The lowest BCUT2D eigenvalue weighted by atomic mass is 10.0. The molecule has 60 heavy (non-hydrogen) atoms. The van der Waals surface area contributed by atoms with Gasteiger partial charge in [0.15, 0.2) is 6.10 Å². The van der Waals surface area contributed by atoms with Crippen LogP contribution in [0.3, 0.4) is 0 Å². The van der Waals surface area contributed by atoms with E-state index in [1.54, 1.807) is 0 Å². The van der Waals surface area contributed by atoms with Gasteiger partial charge in [-0.25, -0.2) is 0 Å². The maximum Gasteiger partial charge on any atom is 0.306 e. The van der Waals surface area contributed by atoms with Gasteiger partial charge in [-0.15, -0.1) is 0 Å². The van der Waals surface area contributed by atoms with Crippen molar-refractivity contribution in [3.63, 3.8) is 0 Å². The third kappa shape index (κ3) is 48.5. The SMILES string of the molecule is CC/C=C\C/C=C\C/C=C\CCCCCCCCOCC(COC(=O)CCCCCCCCCCCCCCCCCCC)OC(=O)CCCCCCC/C=C\CCCC. The number of ether oxygens (including phenoxy) is 3. The van der Waals surface area contributed by atoms with Crippen molar-refractivity contribution < 1.29 is 23.8 Å². The van der Waals surface area contributed by atoms with E-state index in [1.165, 1.54) is 154 Å². The van der Waals surface area contributed by atoms with E-state index in [4.69, 9.17) is 14.2 Å². The third-order valence-corrected chi connectivity index (χ3v) is 11.3. The van der Waals surface area contributed by atoms with Crippen molar-refractivity contribution in [1.29, 1.82) is 0 Å². The van der Waals surface area contributed by atoms with E-state index in [0.29, 0.717) is 19.4 Å². The first-order valence-corrected chi connectivity index (χ1v) is 26.2. The molecule has 0 aliphatic heterocycles. The first-order valence-electron chi connectivity index (χ1n) is 26.2. The maximum absolute atomic E-state index is 12.8. The molecule has 5 heteroatoms. The predicted octanol–water partition coefficient (Wildman–Crippen LogP) is 17.6. The molecule has 0 bridgehead atoms. The van der Waals surface area contributed by atoms with E-state index in [1.807, 2.05) is 0 Å². The third-order valence-electron chi connectivity index (χ3n) is 11.3. The van der Waals surface area contributed by atoms with Gasteiger partial charge >= 0.3 is 11.9 Å². The summed E-state index contributed by atoms with van der Waals surface area (Å²) in [7, 11) is 0. The van der Waals surface area contributed by atoms with Crippen molar-refractivity contribution in [3.05, 3.63) is 48.6 Å². The Kier molecular flexibility index (Phi) is 49.4. The second kappa shape index (κ2) is 51.2. The standard InChI is InChI=1S/C55H100O5/c1-4-7-10-13-16-19-22-24-26-28-29-31-34-36-39-42-45-48-54(56)59-52-53(60-55(57)49-46-43-40-37-33-21-18-15-12-9-6-3)51-58-50-47-44-41-38-35-32-30-27-25-23-20-17-14-11-8-5-2/h8,11,15,17-18,20,25,27,53H,4-7,9-10,12-14,16,19,21-24,26,28-52H2,1-3H3/b11-8-,18-15-,20-17-,27-25-. The summed E-state index contributed by atoms with van der Waals surface area (Å²) in [6.07, 6.45) is 62.6. The molecule has 0 spiro atoms. The number of hydrogen-bond acceptors (Lipinski definition) is 5. The highest BCUT2D eigenvalue weighted by Crippen LogP contribution is 2.16. The van der Waals surface area contributed by atoms with Crippen LogP contribution in [-0.2, 0) is 23.8 Å². The monoisotopic (exact) mass is 841 g/mol. The zero-order valence-electron chi connectivity index (χ0n) is 40.2. The van der Waals surface area contributed by atoms with Crippen LogP contribution in [0.25, 0.3) is 0 Å². The van der Waals surface area contributed by atoms with Crippen molar-refractivity contribution in [2.75, 3.05) is 19.8 Å². The van der Waals surface area contributed by atoms with Gasteiger partial charge in [0.2, 0.25) is 0 Å². The fraction of sp³-hybridized carbons (Fsp3) is 0.818. The molecule has 5 nitrogen and oxygen atoms in total. The van der Waals surface area contributed by atoms with Crippen LogP contribution in [0.2, 0.25) is 0 Å². The number of rotatable bonds is 48. The van der Waals surface area contributed by atoms with Crippen LogP contribution in [0, 0.1) is 0 Å². The van der Waals surface area contributed by atoms with E-state index in [9.17, 15) is 9.59 Å². The van der Waals surface area contributed by atoms with Crippen molar-refractivity contribution in [1.82, 2.24) is 0 Å². The summed E-state index contributed by atoms with van der Waals surface area (Å²) in [5.41, 5.74) is 0. The minimum atomic E-state index is -0.544. The average molecular weight is 841 g/mol. The van der Waals surface area contributed by atoms with Crippen LogP contribution in [0.1, 0.15) is 265 Å². The average Bonchev–Trinajstić information content (AvgIpc) is 3.25. The number of allylic oxidation sites excluding steroid dienone is 8. The molecule has 0 N–H and O–H groups in total. The molecule has 0 aromatic carbocycles. The highest BCUT2D eigenvalue weighted by molar-refractivity contribution is 5.70. The summed E-state index contributed by atoms with van der Waals surface area (Å²) in [4.78, 5) is 25.4. The summed E-state index contributed by atoms with van der Waals surface area (Å²) in [5.74, 6) is -0.405. The molecule has 1 unspecified atom stereocenters. The van der Waals surface area contributed by atoms with Gasteiger partial charge in [-0.1, -0.05) is 230 Å². The summed E-state index contributed by atoms with van der Waals surface area (Å²) in [6.45, 7) is 7.68. The van der Waals surface area contributed by atoms with Crippen LogP contribution in [0.15, 0.2) is 48.6 Å². The van der Waals surface area contributed by atoms with Gasteiger partial charge in [-0.2, -0.15) is 0 Å². The molecule has 0 saturated carbocycles. The molecule has 0 amide bonds. The molecule has 0 rings (SSSR count). The Morgan fingerprint density at radius 3 is 1.27 bits per heavy atom. The van der Waals surface area contributed by atoms with Crippen LogP contribution in [0.4, 0.5) is 0 Å². The molecule has 350 valence electrons. The second-order valence-corrected chi connectivity index (χ2v) is 17.4. The minimum absolute atomic E-state index is 0.0797. The Morgan fingerprint density at radius 2 is 0.767 bits per heavy atom. The van der Waals surface area contributed by atoms with Crippen LogP contribution < -0.4 is 0 Å². The van der Waals surface area contributed by atoms with E-state index >= 15 is 0 Å². The lowest BCUT2D eigenvalue weighted by Gasteiger charge is -2.18. The normalized spacial score (nSPS) is 12.5. The van der Waals surface area contributed by atoms with Crippen LogP contribution >= 0.6 is 0 Å². The predicted molar refractivity (Wildman–Crippen MR) is 261 cm³/mol. The van der Waals surface area contributed by atoms with Crippen LogP contribution in [0.5, 0.6) is 0 Å². The molecule has 0 heterocycles. The van der Waals surface area contributed by atoms with Crippen molar-refractivity contribution in [2.24, 2.45) is 0 Å². The zero-order valence-corrected chi connectivity index (χ0v) is 40.2. The van der Waals surface area contributed by atoms with E-state index in [0.717, 1.165) is 77.0 Å². The van der Waals surface area contributed by atoms with Crippen molar-refractivity contribution in [3.8, 4) is 0 Å². The lowest BCUT2D eigenvalue weighted by Crippen LogP contribution is -2.30. The summed E-state index contributed by atoms with van der Waals surface area (Å²) < 4.78 is 17.4. The highest BCUT2D eigenvalue weighted by atomic mass is 16.6. The summed E-state index contributed by atoms with van der Waals surface area (Å²) in [5, 5.41) is 0. The molecule has 0 aliphatic rings. The van der Waals surface area contributed by atoms with Crippen LogP contribution in [-0.4, -0.2) is 37.9 Å². The molecule has 0 aliphatic carbocycles. The summed E-state index contributed by atoms with van der Waals surface area (Å²) >= 11 is 0. The minimum Gasteiger partial charge on any atom is -0.462 e. The van der Waals surface area contributed by atoms with Gasteiger partial charge in [0.25, 0.3) is 0 Å². The fourth-order valence-corrected chi connectivity index (χ4v) is 7.45. The van der Waals surface area contributed by atoms with Gasteiger partial charge < -0.3 is 14.2 Å². The molecule has 0 aromatic heterocycles. The van der Waals surface area contributed by atoms with Gasteiger partial charge in [0.1, 0.15) is 6.61 Å². The zero-order chi connectivity index (χ0) is 43.5. The number of unbranched alkanes of at least 4 members (excludes halogenated alkanes) is 29. The van der Waals surface area contributed by atoms with Gasteiger partial charge in [-0.05, 0) is 70.6 Å². The number of hydrogen-bond donors (Lipinski definition) is 0. The molecule has 1 atom stereocenters. The molecular weight excluding hydrogens is 741 g/mol. The number of esters is 2. The number of carbonyl (C=O) groups is 2. The lowest BCUT2D eigenvalue weighted by molar-refractivity contribution is -0.163. The molecular formula is C55H100O5. The van der Waals surface area contributed by atoms with E-state index in [2.05, 4.69) is 69.4 Å². The Labute approximate surface area is 373 Å². The molecule has 0 saturated heterocycles. The largest absolute Gasteiger partial charge is 0.462 e. The molecule has 0 aromatic rings. The molecule has 0 radical (unpaired) electrons. The first-order chi connectivity index (χ1) is 29.6.